The number of carboxylic acid groups (broad SMARTS) is 1. The maximum absolute atomic E-state index is 11.5. The van der Waals surface area contributed by atoms with Crippen LogP contribution in [0.1, 0.15) is 30.1 Å². The molecule has 0 saturated heterocycles. The van der Waals surface area contributed by atoms with Gasteiger partial charge in [-0.05, 0) is 25.5 Å². The Balaban J connectivity index is 2.44. The lowest BCUT2D eigenvalue weighted by Crippen LogP contribution is -2.13. The van der Waals surface area contributed by atoms with Gasteiger partial charge in [-0.2, -0.15) is 0 Å². The van der Waals surface area contributed by atoms with E-state index in [1.54, 1.807) is 0 Å². The lowest BCUT2D eigenvalue weighted by Gasteiger charge is -2.05. The first kappa shape index (κ1) is 14.1. The van der Waals surface area contributed by atoms with E-state index in [9.17, 15) is 9.59 Å². The van der Waals surface area contributed by atoms with Crippen molar-refractivity contribution in [1.29, 1.82) is 0 Å². The SMILES string of the molecule is CCOCCCC(=O)Nc1cc(C(=O)O)ccn1. The number of carbonyl (C=O) groups excluding carboxylic acids is 1. The molecular weight excluding hydrogens is 236 g/mol. The average molecular weight is 252 g/mol. The molecule has 0 spiro atoms. The van der Waals surface area contributed by atoms with Crippen molar-refractivity contribution in [3.05, 3.63) is 23.9 Å². The molecule has 0 aliphatic heterocycles. The number of carboxylic acids is 1. The Hall–Kier alpha value is -1.95. The normalized spacial score (nSPS) is 10.1. The molecular formula is C12H16N2O4. The first-order chi connectivity index (χ1) is 8.63. The predicted octanol–water partition coefficient (Wildman–Crippen LogP) is 1.54. The minimum Gasteiger partial charge on any atom is -0.478 e. The maximum atomic E-state index is 11.5. The van der Waals surface area contributed by atoms with Gasteiger partial charge in [-0.25, -0.2) is 9.78 Å². The summed E-state index contributed by atoms with van der Waals surface area (Å²) in [6.07, 6.45) is 2.29. The molecule has 1 rings (SSSR count). The minimum atomic E-state index is -1.05. The number of hydrogen-bond donors (Lipinski definition) is 2. The number of nitrogens with zero attached hydrogens (tertiary/aromatic N) is 1. The standard InChI is InChI=1S/C12H16N2O4/c1-2-18-7-3-4-11(15)14-10-8-9(12(16)17)5-6-13-10/h5-6,8H,2-4,7H2,1H3,(H,16,17)(H,13,14,15). The topological polar surface area (TPSA) is 88.5 Å². The summed E-state index contributed by atoms with van der Waals surface area (Å²) in [4.78, 5) is 26.1. The second-order valence-corrected chi connectivity index (χ2v) is 3.58. The number of pyridine rings is 1. The number of amides is 1. The maximum Gasteiger partial charge on any atom is 0.335 e. The van der Waals surface area contributed by atoms with Gasteiger partial charge in [-0.3, -0.25) is 4.79 Å². The van der Waals surface area contributed by atoms with Crippen molar-refractivity contribution in [2.45, 2.75) is 19.8 Å². The van der Waals surface area contributed by atoms with E-state index in [0.29, 0.717) is 26.1 Å². The summed E-state index contributed by atoms with van der Waals surface area (Å²) in [5.74, 6) is -1.01. The summed E-state index contributed by atoms with van der Waals surface area (Å²) < 4.78 is 5.11. The second kappa shape index (κ2) is 7.39. The molecule has 1 heterocycles. The fraction of sp³-hybridized carbons (Fsp3) is 0.417. The fourth-order valence-corrected chi connectivity index (χ4v) is 1.32. The molecule has 0 radical (unpaired) electrons. The van der Waals surface area contributed by atoms with Crippen LogP contribution in [0.15, 0.2) is 18.3 Å². The lowest BCUT2D eigenvalue weighted by atomic mass is 10.2. The molecule has 98 valence electrons. The molecule has 0 atom stereocenters. The van der Waals surface area contributed by atoms with Gasteiger partial charge in [0.05, 0.1) is 5.56 Å². The van der Waals surface area contributed by atoms with Crippen molar-refractivity contribution in [3.63, 3.8) is 0 Å². The molecule has 6 heteroatoms. The lowest BCUT2D eigenvalue weighted by molar-refractivity contribution is -0.116. The molecule has 0 aromatic carbocycles. The smallest absolute Gasteiger partial charge is 0.335 e. The molecule has 0 bridgehead atoms. The van der Waals surface area contributed by atoms with Crippen LogP contribution in [-0.2, 0) is 9.53 Å². The summed E-state index contributed by atoms with van der Waals surface area (Å²) in [5.41, 5.74) is 0.0922. The molecule has 6 nitrogen and oxygen atoms in total. The number of nitrogens with one attached hydrogen (secondary N) is 1. The van der Waals surface area contributed by atoms with Crippen molar-refractivity contribution in [1.82, 2.24) is 4.98 Å². The summed E-state index contributed by atoms with van der Waals surface area (Å²) >= 11 is 0. The van der Waals surface area contributed by atoms with Crippen LogP contribution in [0.2, 0.25) is 0 Å². The average Bonchev–Trinajstić information content (AvgIpc) is 2.35. The molecule has 1 amide bonds. The zero-order chi connectivity index (χ0) is 13.4. The number of rotatable bonds is 7. The highest BCUT2D eigenvalue weighted by Gasteiger charge is 2.07. The zero-order valence-electron chi connectivity index (χ0n) is 10.2. The molecule has 0 aliphatic rings. The Morgan fingerprint density at radius 2 is 2.28 bits per heavy atom. The van der Waals surface area contributed by atoms with E-state index in [-0.39, 0.29) is 17.3 Å². The van der Waals surface area contributed by atoms with E-state index in [0.717, 1.165) is 0 Å². The summed E-state index contributed by atoms with van der Waals surface area (Å²) in [5, 5.41) is 11.3. The van der Waals surface area contributed by atoms with Gasteiger partial charge in [0.2, 0.25) is 5.91 Å². The van der Waals surface area contributed by atoms with Crippen LogP contribution < -0.4 is 5.32 Å². The number of ether oxygens (including phenoxy) is 1. The van der Waals surface area contributed by atoms with Gasteiger partial charge in [0, 0.05) is 25.8 Å². The van der Waals surface area contributed by atoms with Crippen LogP contribution in [-0.4, -0.2) is 35.2 Å². The third-order valence-corrected chi connectivity index (χ3v) is 2.17. The van der Waals surface area contributed by atoms with Gasteiger partial charge in [0.1, 0.15) is 5.82 Å². The predicted molar refractivity (Wildman–Crippen MR) is 65.6 cm³/mol. The van der Waals surface area contributed by atoms with Crippen molar-refractivity contribution in [3.8, 4) is 0 Å². The van der Waals surface area contributed by atoms with Crippen molar-refractivity contribution in [2.75, 3.05) is 18.5 Å². The molecule has 0 unspecified atom stereocenters. The third-order valence-electron chi connectivity index (χ3n) is 2.17. The van der Waals surface area contributed by atoms with Gasteiger partial charge < -0.3 is 15.2 Å². The van der Waals surface area contributed by atoms with E-state index < -0.39 is 5.97 Å². The van der Waals surface area contributed by atoms with Gasteiger partial charge in [-0.15, -0.1) is 0 Å². The van der Waals surface area contributed by atoms with Crippen molar-refractivity contribution >= 4 is 17.7 Å². The van der Waals surface area contributed by atoms with E-state index in [4.69, 9.17) is 9.84 Å². The van der Waals surface area contributed by atoms with E-state index in [1.807, 2.05) is 6.92 Å². The Labute approximate surface area is 105 Å². The number of aromatic carboxylic acids is 1. The van der Waals surface area contributed by atoms with Gasteiger partial charge in [0.25, 0.3) is 0 Å². The molecule has 1 aromatic heterocycles. The molecule has 2 N–H and O–H groups in total. The molecule has 0 fully saturated rings. The Bertz CT molecular complexity index is 420. The second-order valence-electron chi connectivity index (χ2n) is 3.58. The Morgan fingerprint density at radius 3 is 2.94 bits per heavy atom. The Kier molecular flexibility index (Phi) is 5.79. The van der Waals surface area contributed by atoms with Crippen LogP contribution in [0.25, 0.3) is 0 Å². The monoisotopic (exact) mass is 252 g/mol. The van der Waals surface area contributed by atoms with Crippen LogP contribution >= 0.6 is 0 Å². The number of aromatic nitrogens is 1. The molecule has 0 saturated carbocycles. The first-order valence-corrected chi connectivity index (χ1v) is 5.70. The van der Waals surface area contributed by atoms with Crippen LogP contribution in [0.3, 0.4) is 0 Å². The highest BCUT2D eigenvalue weighted by atomic mass is 16.5. The molecule has 0 aliphatic carbocycles. The van der Waals surface area contributed by atoms with Crippen LogP contribution in [0.4, 0.5) is 5.82 Å². The van der Waals surface area contributed by atoms with Crippen LogP contribution in [0, 0.1) is 0 Å². The van der Waals surface area contributed by atoms with E-state index in [1.165, 1.54) is 18.3 Å². The van der Waals surface area contributed by atoms with Crippen LogP contribution in [0.5, 0.6) is 0 Å². The van der Waals surface area contributed by atoms with Gasteiger partial charge >= 0.3 is 5.97 Å². The highest BCUT2D eigenvalue weighted by molar-refractivity contribution is 5.92. The van der Waals surface area contributed by atoms with E-state index >= 15 is 0 Å². The number of anilines is 1. The van der Waals surface area contributed by atoms with Gasteiger partial charge in [0.15, 0.2) is 0 Å². The fourth-order valence-electron chi connectivity index (χ4n) is 1.32. The summed E-state index contributed by atoms with van der Waals surface area (Å²) in [6.45, 7) is 3.05. The zero-order valence-corrected chi connectivity index (χ0v) is 10.2. The summed E-state index contributed by atoms with van der Waals surface area (Å²) in [7, 11) is 0. The number of hydrogen-bond acceptors (Lipinski definition) is 4. The molecule has 1 aromatic rings. The first-order valence-electron chi connectivity index (χ1n) is 5.70. The third kappa shape index (κ3) is 4.92. The largest absolute Gasteiger partial charge is 0.478 e. The Morgan fingerprint density at radius 1 is 1.50 bits per heavy atom. The minimum absolute atomic E-state index is 0.0922. The highest BCUT2D eigenvalue weighted by Crippen LogP contribution is 2.07. The van der Waals surface area contributed by atoms with E-state index in [2.05, 4.69) is 10.3 Å². The van der Waals surface area contributed by atoms with Crippen molar-refractivity contribution in [2.24, 2.45) is 0 Å². The summed E-state index contributed by atoms with van der Waals surface area (Å²) in [6, 6.07) is 2.69. The van der Waals surface area contributed by atoms with Gasteiger partial charge in [-0.1, -0.05) is 0 Å². The van der Waals surface area contributed by atoms with Crippen molar-refractivity contribution < 1.29 is 19.4 Å². The quantitative estimate of drug-likeness (QED) is 0.718. The number of carbonyl (C=O) groups is 2. The molecule has 18 heavy (non-hydrogen) atoms.